The molecule has 1 fully saturated rings. The van der Waals surface area contributed by atoms with Crippen molar-refractivity contribution in [3.63, 3.8) is 0 Å². The molecule has 0 aliphatic carbocycles. The van der Waals surface area contributed by atoms with Gasteiger partial charge >= 0.3 is 0 Å². The van der Waals surface area contributed by atoms with Crippen molar-refractivity contribution in [3.05, 3.63) is 0 Å². The summed E-state index contributed by atoms with van der Waals surface area (Å²) in [6.45, 7) is 6.68. The molecule has 1 saturated heterocycles. The Morgan fingerprint density at radius 1 is 1.42 bits per heavy atom. The molecule has 0 aromatic rings. The lowest BCUT2D eigenvalue weighted by Gasteiger charge is -2.28. The van der Waals surface area contributed by atoms with E-state index in [4.69, 9.17) is 9.84 Å². The largest absolute Gasteiger partial charge is 0.394 e. The van der Waals surface area contributed by atoms with Crippen molar-refractivity contribution in [1.82, 2.24) is 0 Å². The first-order chi connectivity index (χ1) is 5.46. The lowest BCUT2D eigenvalue weighted by atomic mass is 9.78. The monoisotopic (exact) mass is 174 g/mol. The molecule has 1 rings (SSSR count). The highest BCUT2D eigenvalue weighted by Crippen LogP contribution is 2.35. The zero-order valence-corrected chi connectivity index (χ0v) is 7.95. The van der Waals surface area contributed by atoms with Crippen molar-refractivity contribution in [1.29, 1.82) is 0 Å². The van der Waals surface area contributed by atoms with Gasteiger partial charge in [-0.2, -0.15) is 0 Å². The van der Waals surface area contributed by atoms with E-state index in [1.165, 1.54) is 0 Å². The number of ether oxygens (including phenoxy) is 1. The molecule has 2 N–H and O–H groups in total. The maximum absolute atomic E-state index is 9.70. The molecule has 1 aliphatic rings. The van der Waals surface area contributed by atoms with E-state index in [9.17, 15) is 5.11 Å². The van der Waals surface area contributed by atoms with Crippen LogP contribution >= 0.6 is 0 Å². The molecule has 0 aromatic heterocycles. The second-order valence-electron chi connectivity index (χ2n) is 4.52. The summed E-state index contributed by atoms with van der Waals surface area (Å²) < 4.78 is 5.25. The zero-order valence-electron chi connectivity index (χ0n) is 7.95. The van der Waals surface area contributed by atoms with E-state index in [0.717, 1.165) is 0 Å². The molecule has 3 nitrogen and oxygen atoms in total. The van der Waals surface area contributed by atoms with Crippen molar-refractivity contribution in [3.8, 4) is 0 Å². The molecule has 3 unspecified atom stereocenters. The Hall–Kier alpha value is -0.120. The lowest BCUT2D eigenvalue weighted by Crippen LogP contribution is -2.35. The summed E-state index contributed by atoms with van der Waals surface area (Å²) in [5, 5.41) is 18.5. The van der Waals surface area contributed by atoms with E-state index in [0.29, 0.717) is 6.61 Å². The van der Waals surface area contributed by atoms with Gasteiger partial charge in [0.1, 0.15) is 6.10 Å². The van der Waals surface area contributed by atoms with Crippen LogP contribution in [0.1, 0.15) is 20.8 Å². The van der Waals surface area contributed by atoms with Crippen molar-refractivity contribution < 1.29 is 14.9 Å². The summed E-state index contributed by atoms with van der Waals surface area (Å²) >= 11 is 0. The van der Waals surface area contributed by atoms with Gasteiger partial charge in [0.15, 0.2) is 0 Å². The molecule has 12 heavy (non-hydrogen) atoms. The summed E-state index contributed by atoms with van der Waals surface area (Å²) in [5.74, 6) is 0.134. The first-order valence-electron chi connectivity index (χ1n) is 4.37. The van der Waals surface area contributed by atoms with Crippen LogP contribution in [0.4, 0.5) is 0 Å². The van der Waals surface area contributed by atoms with Crippen LogP contribution in [0.25, 0.3) is 0 Å². The van der Waals surface area contributed by atoms with E-state index in [1.54, 1.807) is 0 Å². The van der Waals surface area contributed by atoms with Gasteiger partial charge < -0.3 is 14.9 Å². The minimum absolute atomic E-state index is 0.0450. The normalized spacial score (nSPS) is 37.2. The Morgan fingerprint density at radius 3 is 2.25 bits per heavy atom. The lowest BCUT2D eigenvalue weighted by molar-refractivity contribution is -0.00285. The predicted molar refractivity (Wildman–Crippen MR) is 45.8 cm³/mol. The molecule has 0 bridgehead atoms. The minimum Gasteiger partial charge on any atom is -0.394 e. The van der Waals surface area contributed by atoms with Crippen LogP contribution in [0.5, 0.6) is 0 Å². The van der Waals surface area contributed by atoms with Gasteiger partial charge in [0.2, 0.25) is 0 Å². The van der Waals surface area contributed by atoms with Crippen molar-refractivity contribution in [2.75, 3.05) is 13.2 Å². The zero-order chi connectivity index (χ0) is 9.35. The summed E-state index contributed by atoms with van der Waals surface area (Å²) in [7, 11) is 0. The van der Waals surface area contributed by atoms with E-state index in [-0.39, 0.29) is 24.0 Å². The van der Waals surface area contributed by atoms with E-state index in [2.05, 4.69) is 20.8 Å². The fourth-order valence-electron chi connectivity index (χ4n) is 1.61. The third-order valence-electron chi connectivity index (χ3n) is 2.58. The number of aliphatic hydroxyl groups excluding tert-OH is 2. The summed E-state index contributed by atoms with van der Waals surface area (Å²) in [5.41, 5.74) is 0.0450. The van der Waals surface area contributed by atoms with E-state index < -0.39 is 6.10 Å². The van der Waals surface area contributed by atoms with Crippen LogP contribution in [0.15, 0.2) is 0 Å². The summed E-state index contributed by atoms with van der Waals surface area (Å²) in [6, 6.07) is 0. The first kappa shape index (κ1) is 9.96. The number of hydrogen-bond acceptors (Lipinski definition) is 3. The van der Waals surface area contributed by atoms with Crippen LogP contribution in [0.2, 0.25) is 0 Å². The van der Waals surface area contributed by atoms with Crippen LogP contribution in [0.3, 0.4) is 0 Å². The van der Waals surface area contributed by atoms with Gasteiger partial charge in [0, 0.05) is 5.92 Å². The molecule has 3 heteroatoms. The number of rotatable bonds is 1. The van der Waals surface area contributed by atoms with Gasteiger partial charge in [-0.1, -0.05) is 20.8 Å². The quantitative estimate of drug-likeness (QED) is 0.605. The van der Waals surface area contributed by atoms with Gasteiger partial charge in [0.25, 0.3) is 0 Å². The third-order valence-corrected chi connectivity index (χ3v) is 2.58. The van der Waals surface area contributed by atoms with Crippen LogP contribution in [-0.4, -0.2) is 35.6 Å². The molecule has 0 radical (unpaired) electrons. The van der Waals surface area contributed by atoms with Gasteiger partial charge in [-0.3, -0.25) is 0 Å². The molecule has 0 spiro atoms. The fraction of sp³-hybridized carbons (Fsp3) is 1.00. The van der Waals surface area contributed by atoms with Crippen molar-refractivity contribution in [2.45, 2.75) is 33.0 Å². The Labute approximate surface area is 73.4 Å². The van der Waals surface area contributed by atoms with Crippen molar-refractivity contribution >= 4 is 0 Å². The van der Waals surface area contributed by atoms with Gasteiger partial charge in [-0.15, -0.1) is 0 Å². The maximum atomic E-state index is 9.70. The van der Waals surface area contributed by atoms with E-state index >= 15 is 0 Å². The predicted octanol–water partition coefficient (Wildman–Crippen LogP) is 0.401. The molecular formula is C9H18O3. The van der Waals surface area contributed by atoms with Crippen molar-refractivity contribution in [2.24, 2.45) is 11.3 Å². The Kier molecular flexibility index (Phi) is 2.76. The molecule has 1 heterocycles. The third kappa shape index (κ3) is 1.79. The molecule has 0 amide bonds. The highest BCUT2D eigenvalue weighted by Gasteiger charge is 2.41. The van der Waals surface area contributed by atoms with Crippen LogP contribution in [-0.2, 0) is 4.74 Å². The topological polar surface area (TPSA) is 49.7 Å². The maximum Gasteiger partial charge on any atom is 0.107 e. The summed E-state index contributed by atoms with van der Waals surface area (Å²) in [6.07, 6.45) is -0.899. The number of hydrogen-bond donors (Lipinski definition) is 2. The highest BCUT2D eigenvalue weighted by atomic mass is 16.5. The highest BCUT2D eigenvalue weighted by molar-refractivity contribution is 4.89. The SMILES string of the molecule is CC(C)(C)C1COC(CO)C1O. The molecular weight excluding hydrogens is 156 g/mol. The van der Waals surface area contributed by atoms with Gasteiger partial charge in [0.05, 0.1) is 19.3 Å². The Morgan fingerprint density at radius 2 is 2.00 bits per heavy atom. The first-order valence-corrected chi connectivity index (χ1v) is 4.37. The molecule has 1 aliphatic heterocycles. The fourth-order valence-corrected chi connectivity index (χ4v) is 1.61. The molecule has 0 aromatic carbocycles. The molecule has 0 saturated carbocycles. The average molecular weight is 174 g/mol. The van der Waals surface area contributed by atoms with Crippen LogP contribution < -0.4 is 0 Å². The Balaban J connectivity index is 2.61. The second-order valence-corrected chi connectivity index (χ2v) is 4.52. The molecule has 3 atom stereocenters. The summed E-state index contributed by atoms with van der Waals surface area (Å²) in [4.78, 5) is 0. The standard InChI is InChI=1S/C9H18O3/c1-9(2,3)6-5-12-7(4-10)8(6)11/h6-8,10-11H,4-5H2,1-3H3. The smallest absolute Gasteiger partial charge is 0.107 e. The average Bonchev–Trinajstić information content (AvgIpc) is 2.29. The van der Waals surface area contributed by atoms with Crippen LogP contribution in [0, 0.1) is 11.3 Å². The van der Waals surface area contributed by atoms with Gasteiger partial charge in [-0.05, 0) is 5.41 Å². The Bertz CT molecular complexity index is 150. The van der Waals surface area contributed by atoms with Gasteiger partial charge in [-0.25, -0.2) is 0 Å². The minimum atomic E-state index is -0.519. The van der Waals surface area contributed by atoms with E-state index in [1.807, 2.05) is 0 Å². The number of aliphatic hydroxyl groups is 2. The second kappa shape index (κ2) is 3.32. The molecule has 72 valence electrons.